The lowest BCUT2D eigenvalue weighted by atomic mass is 10.2. The van der Waals surface area contributed by atoms with Crippen LogP contribution in [0.1, 0.15) is 12.8 Å². The van der Waals surface area contributed by atoms with Crippen LogP contribution >= 0.6 is 0 Å². The van der Waals surface area contributed by atoms with Crippen LogP contribution in [-0.2, 0) is 14.3 Å². The number of hydrogen-bond donors (Lipinski definition) is 2. The zero-order valence-electron chi connectivity index (χ0n) is 12.5. The molecule has 0 rings (SSSR count). The van der Waals surface area contributed by atoms with Crippen molar-refractivity contribution in [1.29, 1.82) is 0 Å². The standard InChI is InChI=1S/C16H21FN2O3/c1-5-14(17)9-12(3)10-18-15(20)8-7-13(4)19-16(21)11-22-6-2/h5-6,9H,1-4,7-8,10-11H2,(H,18,20)(H,19,21)/b14-9+. The number of carbonyl (C=O) groups excluding carboxylic acids is 2. The molecule has 0 aliphatic rings. The van der Waals surface area contributed by atoms with E-state index in [4.69, 9.17) is 4.74 Å². The molecule has 0 heterocycles. The van der Waals surface area contributed by atoms with Crippen molar-refractivity contribution >= 4 is 11.8 Å². The fraction of sp³-hybridized carbons (Fsp3) is 0.250. The highest BCUT2D eigenvalue weighted by Crippen LogP contribution is 2.03. The van der Waals surface area contributed by atoms with Crippen LogP contribution in [0.15, 0.2) is 61.8 Å². The van der Waals surface area contributed by atoms with E-state index in [1.165, 1.54) is 6.08 Å². The molecule has 0 unspecified atom stereocenters. The summed E-state index contributed by atoms with van der Waals surface area (Å²) in [4.78, 5) is 22.9. The fourth-order valence-electron chi connectivity index (χ4n) is 1.30. The van der Waals surface area contributed by atoms with Crippen molar-refractivity contribution in [3.05, 3.63) is 61.8 Å². The zero-order chi connectivity index (χ0) is 17.0. The first-order valence-corrected chi connectivity index (χ1v) is 6.53. The van der Waals surface area contributed by atoms with Gasteiger partial charge in [-0.3, -0.25) is 9.59 Å². The van der Waals surface area contributed by atoms with E-state index in [2.05, 4.69) is 36.9 Å². The van der Waals surface area contributed by atoms with Crippen LogP contribution in [0.3, 0.4) is 0 Å². The number of ether oxygens (including phenoxy) is 1. The normalized spacial score (nSPS) is 10.3. The molecule has 0 aromatic rings. The van der Waals surface area contributed by atoms with Crippen LogP contribution in [0.5, 0.6) is 0 Å². The van der Waals surface area contributed by atoms with Gasteiger partial charge in [-0.1, -0.05) is 26.3 Å². The minimum Gasteiger partial charge on any atom is -0.492 e. The summed E-state index contributed by atoms with van der Waals surface area (Å²) < 4.78 is 17.6. The summed E-state index contributed by atoms with van der Waals surface area (Å²) >= 11 is 0. The number of allylic oxidation sites excluding steroid dienone is 3. The van der Waals surface area contributed by atoms with Gasteiger partial charge in [-0.25, -0.2) is 4.39 Å². The number of amides is 2. The van der Waals surface area contributed by atoms with Gasteiger partial charge < -0.3 is 15.4 Å². The molecule has 6 heteroatoms. The lowest BCUT2D eigenvalue weighted by molar-refractivity contribution is -0.124. The van der Waals surface area contributed by atoms with E-state index in [9.17, 15) is 14.0 Å². The Labute approximate surface area is 129 Å². The zero-order valence-corrected chi connectivity index (χ0v) is 12.5. The van der Waals surface area contributed by atoms with Gasteiger partial charge in [-0.2, -0.15) is 0 Å². The van der Waals surface area contributed by atoms with Gasteiger partial charge in [0.25, 0.3) is 5.91 Å². The molecule has 0 radical (unpaired) electrons. The monoisotopic (exact) mass is 308 g/mol. The first-order valence-electron chi connectivity index (χ1n) is 6.53. The van der Waals surface area contributed by atoms with Crippen molar-refractivity contribution in [2.24, 2.45) is 0 Å². The lowest BCUT2D eigenvalue weighted by Crippen LogP contribution is -2.28. The fourth-order valence-corrected chi connectivity index (χ4v) is 1.30. The van der Waals surface area contributed by atoms with E-state index < -0.39 is 5.83 Å². The van der Waals surface area contributed by atoms with Crippen LogP contribution in [0.4, 0.5) is 4.39 Å². The molecule has 2 amide bonds. The van der Waals surface area contributed by atoms with Gasteiger partial charge in [-0.15, -0.1) is 0 Å². The molecule has 0 aliphatic heterocycles. The van der Waals surface area contributed by atoms with E-state index in [0.717, 1.165) is 12.3 Å². The summed E-state index contributed by atoms with van der Waals surface area (Å²) in [7, 11) is 0. The third-order valence-electron chi connectivity index (χ3n) is 2.35. The smallest absolute Gasteiger partial charge is 0.261 e. The third kappa shape index (κ3) is 10.2. The molecule has 0 spiro atoms. The number of carbonyl (C=O) groups is 2. The van der Waals surface area contributed by atoms with E-state index in [0.29, 0.717) is 11.3 Å². The average molecular weight is 308 g/mol. The maximum atomic E-state index is 12.9. The first kappa shape index (κ1) is 19.4. The molecule has 0 aliphatic carbocycles. The minimum absolute atomic E-state index is 0.131. The number of rotatable bonds is 11. The van der Waals surface area contributed by atoms with E-state index in [1.54, 1.807) is 0 Å². The van der Waals surface area contributed by atoms with Crippen LogP contribution in [-0.4, -0.2) is 25.0 Å². The highest BCUT2D eigenvalue weighted by molar-refractivity contribution is 5.79. The molecule has 0 aromatic carbocycles. The summed E-state index contributed by atoms with van der Waals surface area (Å²) in [6.07, 6.45) is 3.82. The Morgan fingerprint density at radius 1 is 1.14 bits per heavy atom. The molecular formula is C16H21FN2O3. The Morgan fingerprint density at radius 2 is 1.82 bits per heavy atom. The Balaban J connectivity index is 3.96. The van der Waals surface area contributed by atoms with Crippen molar-refractivity contribution in [3.8, 4) is 0 Å². The molecule has 5 nitrogen and oxygen atoms in total. The topological polar surface area (TPSA) is 67.4 Å². The molecule has 120 valence electrons. The molecule has 0 bridgehead atoms. The average Bonchev–Trinajstić information content (AvgIpc) is 2.48. The summed E-state index contributed by atoms with van der Waals surface area (Å²) in [6.45, 7) is 13.8. The van der Waals surface area contributed by atoms with Crippen molar-refractivity contribution in [2.45, 2.75) is 12.8 Å². The van der Waals surface area contributed by atoms with Crippen LogP contribution in [0.25, 0.3) is 0 Å². The molecule has 0 aromatic heterocycles. The van der Waals surface area contributed by atoms with Gasteiger partial charge in [0, 0.05) is 18.7 Å². The second-order valence-electron chi connectivity index (χ2n) is 4.30. The predicted octanol–water partition coefficient (Wildman–Crippen LogP) is 2.27. The largest absolute Gasteiger partial charge is 0.492 e. The Kier molecular flexibility index (Phi) is 9.75. The Morgan fingerprint density at radius 3 is 2.41 bits per heavy atom. The van der Waals surface area contributed by atoms with E-state index >= 15 is 0 Å². The van der Waals surface area contributed by atoms with Gasteiger partial charge >= 0.3 is 0 Å². The van der Waals surface area contributed by atoms with E-state index in [1.807, 2.05) is 0 Å². The third-order valence-corrected chi connectivity index (χ3v) is 2.35. The number of nitrogens with one attached hydrogen (secondary N) is 2. The Bertz CT molecular complexity index is 496. The molecule has 0 saturated carbocycles. The second kappa shape index (κ2) is 11.1. The van der Waals surface area contributed by atoms with Crippen molar-refractivity contribution < 1.29 is 18.7 Å². The lowest BCUT2D eigenvalue weighted by Gasteiger charge is -2.09. The van der Waals surface area contributed by atoms with E-state index in [-0.39, 0.29) is 37.8 Å². The highest BCUT2D eigenvalue weighted by Gasteiger charge is 2.06. The second-order valence-corrected chi connectivity index (χ2v) is 4.30. The number of halogens is 1. The molecule has 0 atom stereocenters. The predicted molar refractivity (Wildman–Crippen MR) is 84.2 cm³/mol. The summed E-state index contributed by atoms with van der Waals surface area (Å²) in [5.74, 6) is -1.15. The summed E-state index contributed by atoms with van der Waals surface area (Å²) in [6, 6.07) is 0. The molecule has 2 N–H and O–H groups in total. The number of hydrogen-bond acceptors (Lipinski definition) is 3. The van der Waals surface area contributed by atoms with Crippen molar-refractivity contribution in [2.75, 3.05) is 13.2 Å². The van der Waals surface area contributed by atoms with Crippen molar-refractivity contribution in [1.82, 2.24) is 10.6 Å². The molecule has 0 saturated heterocycles. The molecule has 0 fully saturated rings. The molecular weight excluding hydrogens is 287 g/mol. The van der Waals surface area contributed by atoms with Gasteiger partial charge in [-0.05, 0) is 24.1 Å². The highest BCUT2D eigenvalue weighted by atomic mass is 19.1. The first-order chi connectivity index (χ1) is 10.4. The maximum Gasteiger partial charge on any atom is 0.261 e. The summed E-state index contributed by atoms with van der Waals surface area (Å²) in [5, 5.41) is 5.07. The van der Waals surface area contributed by atoms with Gasteiger partial charge in [0.05, 0.1) is 6.26 Å². The maximum absolute atomic E-state index is 12.9. The van der Waals surface area contributed by atoms with Gasteiger partial charge in [0.15, 0.2) is 6.61 Å². The van der Waals surface area contributed by atoms with Crippen LogP contribution < -0.4 is 10.6 Å². The Hall–Kier alpha value is -2.63. The SMILES string of the molecule is C=COCC(=O)NC(=C)CCC(=O)NCC(=C)/C=C(/F)C=C. The quantitative estimate of drug-likeness (QED) is 0.454. The summed E-state index contributed by atoms with van der Waals surface area (Å²) in [5.41, 5.74) is 0.823. The van der Waals surface area contributed by atoms with Gasteiger partial charge in [0.2, 0.25) is 5.91 Å². The minimum atomic E-state index is -0.517. The molecule has 22 heavy (non-hydrogen) atoms. The van der Waals surface area contributed by atoms with Crippen LogP contribution in [0, 0.1) is 0 Å². The van der Waals surface area contributed by atoms with Crippen LogP contribution in [0.2, 0.25) is 0 Å². The van der Waals surface area contributed by atoms with Crippen molar-refractivity contribution in [3.63, 3.8) is 0 Å². The van der Waals surface area contributed by atoms with Gasteiger partial charge in [0.1, 0.15) is 5.83 Å².